The molecule has 1 rings (SSSR count). The third-order valence-corrected chi connectivity index (χ3v) is 4.09. The first-order valence-electron chi connectivity index (χ1n) is 6.12. The summed E-state index contributed by atoms with van der Waals surface area (Å²) in [5, 5.41) is 22.6. The van der Waals surface area contributed by atoms with Crippen LogP contribution in [0, 0.1) is 16.0 Å². The van der Waals surface area contributed by atoms with E-state index in [2.05, 4.69) is 5.32 Å². The van der Waals surface area contributed by atoms with Gasteiger partial charge in [0.2, 0.25) is 0 Å². The van der Waals surface area contributed by atoms with Gasteiger partial charge < -0.3 is 10.4 Å². The zero-order chi connectivity index (χ0) is 16.2. The Morgan fingerprint density at radius 2 is 2.10 bits per heavy atom. The first kappa shape index (κ1) is 16.9. The van der Waals surface area contributed by atoms with Crippen molar-refractivity contribution in [1.29, 1.82) is 0 Å². The molecule has 1 unspecified atom stereocenters. The topological polar surface area (TPSA) is 127 Å². The van der Waals surface area contributed by atoms with E-state index in [1.807, 2.05) is 0 Å². The molecule has 0 spiro atoms. The Morgan fingerprint density at radius 1 is 1.48 bits per heavy atom. The van der Waals surface area contributed by atoms with Crippen LogP contribution in [0.2, 0.25) is 0 Å². The highest BCUT2D eigenvalue weighted by molar-refractivity contribution is 7.90. The fourth-order valence-corrected chi connectivity index (χ4v) is 2.32. The maximum atomic E-state index is 11.4. The van der Waals surface area contributed by atoms with E-state index in [9.17, 15) is 23.3 Å². The van der Waals surface area contributed by atoms with Crippen LogP contribution < -0.4 is 5.32 Å². The van der Waals surface area contributed by atoms with Crippen molar-refractivity contribution in [3.8, 4) is 0 Å². The molecule has 1 aromatic rings. The monoisotopic (exact) mass is 316 g/mol. The summed E-state index contributed by atoms with van der Waals surface area (Å²) in [7, 11) is -3.55. The number of nitrogens with one attached hydrogen (secondary N) is 1. The summed E-state index contributed by atoms with van der Waals surface area (Å²) in [5.74, 6) is -1.68. The lowest BCUT2D eigenvalue weighted by Gasteiger charge is -2.12. The van der Waals surface area contributed by atoms with Crippen molar-refractivity contribution in [3.05, 3.63) is 28.3 Å². The van der Waals surface area contributed by atoms with Crippen LogP contribution in [0.3, 0.4) is 0 Å². The summed E-state index contributed by atoms with van der Waals surface area (Å²) in [6.07, 6.45) is 1.33. The standard InChI is InChI=1S/C12H16N2O6S/c1-3-8(12(15)16)7-13-10-5-4-9(21(2,19)20)6-11(10)14(17)18/h4-6,8,13H,3,7H2,1-2H3,(H,15,16). The number of carboxylic acids is 1. The quantitative estimate of drug-likeness (QED) is 0.576. The van der Waals surface area contributed by atoms with Crippen molar-refractivity contribution >= 4 is 27.2 Å². The Labute approximate surface area is 121 Å². The lowest BCUT2D eigenvalue weighted by Crippen LogP contribution is -2.22. The maximum absolute atomic E-state index is 11.4. The molecule has 2 N–H and O–H groups in total. The molecule has 9 heteroatoms. The largest absolute Gasteiger partial charge is 0.481 e. The summed E-state index contributed by atoms with van der Waals surface area (Å²) >= 11 is 0. The fourth-order valence-electron chi connectivity index (χ4n) is 1.68. The molecule has 21 heavy (non-hydrogen) atoms. The van der Waals surface area contributed by atoms with Crippen LogP contribution in [0.5, 0.6) is 0 Å². The van der Waals surface area contributed by atoms with E-state index in [0.717, 1.165) is 12.3 Å². The third-order valence-electron chi connectivity index (χ3n) is 2.97. The number of nitro benzene ring substituents is 1. The Morgan fingerprint density at radius 3 is 2.52 bits per heavy atom. The third kappa shape index (κ3) is 4.42. The van der Waals surface area contributed by atoms with Gasteiger partial charge in [0.15, 0.2) is 9.84 Å². The van der Waals surface area contributed by atoms with Crippen LogP contribution in [-0.2, 0) is 14.6 Å². The van der Waals surface area contributed by atoms with Gasteiger partial charge in [0, 0.05) is 18.9 Å². The van der Waals surface area contributed by atoms with E-state index in [-0.39, 0.29) is 17.1 Å². The molecule has 0 aliphatic carbocycles. The summed E-state index contributed by atoms with van der Waals surface area (Å²) in [6.45, 7) is 1.71. The lowest BCUT2D eigenvalue weighted by molar-refractivity contribution is -0.384. The molecule has 0 amide bonds. The van der Waals surface area contributed by atoms with Gasteiger partial charge in [-0.3, -0.25) is 14.9 Å². The van der Waals surface area contributed by atoms with Crippen molar-refractivity contribution in [3.63, 3.8) is 0 Å². The first-order valence-corrected chi connectivity index (χ1v) is 8.01. The van der Waals surface area contributed by atoms with Gasteiger partial charge in [-0.05, 0) is 18.6 Å². The number of nitro groups is 1. The zero-order valence-electron chi connectivity index (χ0n) is 11.6. The summed E-state index contributed by atoms with van der Waals surface area (Å²) in [4.78, 5) is 21.0. The second-order valence-corrected chi connectivity index (χ2v) is 6.55. The number of hydrogen-bond acceptors (Lipinski definition) is 6. The SMILES string of the molecule is CCC(CNc1ccc(S(C)(=O)=O)cc1[N+](=O)[O-])C(=O)O. The molecule has 0 fully saturated rings. The van der Waals surface area contributed by atoms with Crippen LogP contribution in [0.15, 0.2) is 23.1 Å². The highest BCUT2D eigenvalue weighted by Gasteiger charge is 2.21. The van der Waals surface area contributed by atoms with E-state index >= 15 is 0 Å². The van der Waals surface area contributed by atoms with E-state index in [1.165, 1.54) is 12.1 Å². The van der Waals surface area contributed by atoms with Gasteiger partial charge in [0.1, 0.15) is 5.69 Å². The number of carbonyl (C=O) groups is 1. The maximum Gasteiger partial charge on any atom is 0.308 e. The van der Waals surface area contributed by atoms with Crippen molar-refractivity contribution in [2.24, 2.45) is 5.92 Å². The van der Waals surface area contributed by atoms with Crippen molar-refractivity contribution in [2.75, 3.05) is 18.1 Å². The van der Waals surface area contributed by atoms with Gasteiger partial charge in [-0.2, -0.15) is 0 Å². The molecule has 0 bridgehead atoms. The number of anilines is 1. The van der Waals surface area contributed by atoms with Crippen LogP contribution in [-0.4, -0.2) is 37.2 Å². The number of carboxylic acid groups (broad SMARTS) is 1. The zero-order valence-corrected chi connectivity index (χ0v) is 12.4. The predicted molar refractivity (Wildman–Crippen MR) is 76.1 cm³/mol. The van der Waals surface area contributed by atoms with Crippen molar-refractivity contribution < 1.29 is 23.2 Å². The average molecular weight is 316 g/mol. The molecule has 0 heterocycles. The summed E-state index contributed by atoms with van der Waals surface area (Å²) in [5.41, 5.74) is -0.315. The van der Waals surface area contributed by atoms with E-state index in [4.69, 9.17) is 5.11 Å². The minimum atomic E-state index is -3.55. The van der Waals surface area contributed by atoms with Gasteiger partial charge in [-0.25, -0.2) is 8.42 Å². The molecule has 0 aliphatic rings. The average Bonchev–Trinajstić information content (AvgIpc) is 2.37. The number of rotatable bonds is 7. The van der Waals surface area contributed by atoms with Gasteiger partial charge in [0.25, 0.3) is 5.69 Å². The van der Waals surface area contributed by atoms with Gasteiger partial charge in [0.05, 0.1) is 15.7 Å². The van der Waals surface area contributed by atoms with E-state index < -0.39 is 32.3 Å². The van der Waals surface area contributed by atoms with E-state index in [0.29, 0.717) is 6.42 Å². The van der Waals surface area contributed by atoms with Crippen LogP contribution in [0.4, 0.5) is 11.4 Å². The van der Waals surface area contributed by atoms with Gasteiger partial charge >= 0.3 is 5.97 Å². The molecule has 0 aliphatic heterocycles. The van der Waals surface area contributed by atoms with Crippen LogP contribution in [0.1, 0.15) is 13.3 Å². The number of benzene rings is 1. The second kappa shape index (κ2) is 6.53. The Hall–Kier alpha value is -2.16. The molecule has 8 nitrogen and oxygen atoms in total. The van der Waals surface area contributed by atoms with Crippen molar-refractivity contribution in [1.82, 2.24) is 0 Å². The normalized spacial score (nSPS) is 12.7. The Kier molecular flexibility index (Phi) is 5.25. The van der Waals surface area contributed by atoms with E-state index in [1.54, 1.807) is 6.92 Å². The van der Waals surface area contributed by atoms with Crippen LogP contribution in [0.25, 0.3) is 0 Å². The molecule has 1 atom stereocenters. The predicted octanol–water partition coefficient (Wildman–Crippen LogP) is 1.52. The second-order valence-electron chi connectivity index (χ2n) is 4.53. The number of aliphatic carboxylic acids is 1. The first-order chi connectivity index (χ1) is 9.66. The minimum Gasteiger partial charge on any atom is -0.481 e. The Balaban J connectivity index is 3.08. The Bertz CT molecular complexity index is 656. The molecule has 1 aromatic carbocycles. The fraction of sp³-hybridized carbons (Fsp3) is 0.417. The lowest BCUT2D eigenvalue weighted by atomic mass is 10.1. The summed E-state index contributed by atoms with van der Waals surface area (Å²) < 4.78 is 22.8. The molecular weight excluding hydrogens is 300 g/mol. The molecule has 0 saturated carbocycles. The van der Waals surface area contributed by atoms with Crippen molar-refractivity contribution in [2.45, 2.75) is 18.2 Å². The molecule has 116 valence electrons. The molecule has 0 aromatic heterocycles. The molecule has 0 radical (unpaired) electrons. The smallest absolute Gasteiger partial charge is 0.308 e. The number of sulfone groups is 1. The van der Waals surface area contributed by atoms with Crippen LogP contribution >= 0.6 is 0 Å². The molecular formula is C12H16N2O6S. The number of nitrogens with zero attached hydrogens (tertiary/aromatic N) is 1. The van der Waals surface area contributed by atoms with Gasteiger partial charge in [-0.1, -0.05) is 6.92 Å². The highest BCUT2D eigenvalue weighted by Crippen LogP contribution is 2.27. The minimum absolute atomic E-state index is 0.0187. The molecule has 0 saturated heterocycles. The van der Waals surface area contributed by atoms with Gasteiger partial charge in [-0.15, -0.1) is 0 Å². The highest BCUT2D eigenvalue weighted by atomic mass is 32.2. The number of hydrogen-bond donors (Lipinski definition) is 2. The summed E-state index contributed by atoms with van der Waals surface area (Å²) in [6, 6.07) is 3.47.